The van der Waals surface area contributed by atoms with E-state index in [4.69, 9.17) is 0 Å². The molecule has 0 radical (unpaired) electrons. The van der Waals surface area contributed by atoms with Gasteiger partial charge in [0.2, 0.25) is 11.8 Å². The zero-order valence-electron chi connectivity index (χ0n) is 12.9. The van der Waals surface area contributed by atoms with E-state index >= 15 is 0 Å². The summed E-state index contributed by atoms with van der Waals surface area (Å²) >= 11 is 0. The molecule has 0 aromatic heterocycles. The summed E-state index contributed by atoms with van der Waals surface area (Å²) in [5.74, 6) is -0.120. The first kappa shape index (κ1) is 15.5. The van der Waals surface area contributed by atoms with Crippen LogP contribution < -0.4 is 5.32 Å². The van der Waals surface area contributed by atoms with Crippen molar-refractivity contribution < 1.29 is 9.59 Å². The van der Waals surface area contributed by atoms with Crippen LogP contribution in [0, 0.1) is 6.92 Å². The molecule has 0 atom stereocenters. The van der Waals surface area contributed by atoms with Crippen LogP contribution in [0.1, 0.15) is 43.7 Å². The maximum atomic E-state index is 12.1. The van der Waals surface area contributed by atoms with Gasteiger partial charge >= 0.3 is 0 Å². The Morgan fingerprint density at radius 1 is 1.24 bits per heavy atom. The van der Waals surface area contributed by atoms with E-state index in [1.54, 1.807) is 4.90 Å². The van der Waals surface area contributed by atoms with Gasteiger partial charge in [-0.3, -0.25) is 9.59 Å². The maximum Gasteiger partial charge on any atom is 0.239 e. The summed E-state index contributed by atoms with van der Waals surface area (Å²) in [4.78, 5) is 25.5. The molecular weight excluding hydrogens is 264 g/mol. The first-order chi connectivity index (χ1) is 10.1. The van der Waals surface area contributed by atoms with Gasteiger partial charge in [0.25, 0.3) is 0 Å². The fraction of sp³-hybridized carbons (Fsp3) is 0.529. The highest BCUT2D eigenvalue weighted by molar-refractivity contribution is 5.84. The van der Waals surface area contributed by atoms with Gasteiger partial charge in [-0.25, -0.2) is 0 Å². The number of aryl methyl sites for hydroxylation is 1. The maximum absolute atomic E-state index is 12.1. The molecular formula is C17H24N2O2. The molecule has 4 heteroatoms. The molecule has 0 unspecified atom stereocenters. The summed E-state index contributed by atoms with van der Waals surface area (Å²) in [5, 5.41) is 3.03. The number of nitrogens with one attached hydrogen (secondary N) is 1. The molecule has 2 amide bonds. The molecule has 1 saturated carbocycles. The second-order valence-electron chi connectivity index (χ2n) is 5.85. The Morgan fingerprint density at radius 3 is 2.52 bits per heavy atom. The van der Waals surface area contributed by atoms with Crippen LogP contribution >= 0.6 is 0 Å². The monoisotopic (exact) mass is 288 g/mol. The second kappa shape index (κ2) is 7.25. The molecule has 0 heterocycles. The van der Waals surface area contributed by atoms with E-state index in [1.165, 1.54) is 19.8 Å². The van der Waals surface area contributed by atoms with Crippen molar-refractivity contribution in [2.75, 3.05) is 6.54 Å². The van der Waals surface area contributed by atoms with Crippen molar-refractivity contribution in [1.82, 2.24) is 10.2 Å². The molecule has 21 heavy (non-hydrogen) atoms. The number of carbonyl (C=O) groups is 2. The predicted molar refractivity (Wildman–Crippen MR) is 82.7 cm³/mol. The van der Waals surface area contributed by atoms with Gasteiger partial charge in [-0.2, -0.15) is 0 Å². The lowest BCUT2D eigenvalue weighted by Crippen LogP contribution is -2.42. The quantitative estimate of drug-likeness (QED) is 0.904. The van der Waals surface area contributed by atoms with Crippen LogP contribution in [-0.2, 0) is 16.1 Å². The average molecular weight is 288 g/mol. The highest BCUT2D eigenvalue weighted by atomic mass is 16.2. The van der Waals surface area contributed by atoms with Gasteiger partial charge in [0, 0.05) is 19.5 Å². The summed E-state index contributed by atoms with van der Waals surface area (Å²) in [6, 6.07) is 8.25. The molecule has 0 aliphatic heterocycles. The molecule has 2 rings (SSSR count). The fourth-order valence-corrected chi connectivity index (χ4v) is 2.79. The minimum atomic E-state index is -0.0696. The molecule has 0 spiro atoms. The van der Waals surface area contributed by atoms with E-state index in [1.807, 2.05) is 31.2 Å². The van der Waals surface area contributed by atoms with Crippen LogP contribution in [0.25, 0.3) is 0 Å². The number of carbonyl (C=O) groups excluding carboxylic acids is 2. The topological polar surface area (TPSA) is 49.4 Å². The van der Waals surface area contributed by atoms with E-state index in [0.29, 0.717) is 12.6 Å². The van der Waals surface area contributed by atoms with E-state index in [0.717, 1.165) is 24.0 Å². The molecule has 1 aliphatic carbocycles. The minimum absolute atomic E-state index is 0.0503. The number of amides is 2. The van der Waals surface area contributed by atoms with Crippen molar-refractivity contribution in [2.24, 2.45) is 0 Å². The third kappa shape index (κ3) is 4.59. The first-order valence-electron chi connectivity index (χ1n) is 7.65. The van der Waals surface area contributed by atoms with Crippen molar-refractivity contribution in [3.8, 4) is 0 Å². The van der Waals surface area contributed by atoms with E-state index in [2.05, 4.69) is 5.32 Å². The zero-order chi connectivity index (χ0) is 15.2. The smallest absolute Gasteiger partial charge is 0.239 e. The molecule has 1 fully saturated rings. The van der Waals surface area contributed by atoms with Crippen molar-refractivity contribution >= 4 is 11.8 Å². The fourth-order valence-electron chi connectivity index (χ4n) is 2.79. The molecule has 1 aromatic carbocycles. The summed E-state index contributed by atoms with van der Waals surface area (Å²) in [6.07, 6.45) is 4.49. The Bertz CT molecular complexity index is 507. The van der Waals surface area contributed by atoms with Crippen LogP contribution in [0.3, 0.4) is 0 Å². The zero-order valence-corrected chi connectivity index (χ0v) is 12.9. The highest BCUT2D eigenvalue weighted by Gasteiger charge is 2.20. The SMILES string of the molecule is CC(=O)N(CC(=O)NC1CCCC1)Cc1ccccc1C. The lowest BCUT2D eigenvalue weighted by atomic mass is 10.1. The summed E-state index contributed by atoms with van der Waals surface area (Å²) in [6.45, 7) is 4.16. The van der Waals surface area contributed by atoms with Crippen molar-refractivity contribution in [3.63, 3.8) is 0 Å². The van der Waals surface area contributed by atoms with Crippen molar-refractivity contribution in [1.29, 1.82) is 0 Å². The third-order valence-electron chi connectivity index (χ3n) is 4.12. The molecule has 1 aromatic rings. The first-order valence-corrected chi connectivity index (χ1v) is 7.65. The van der Waals surface area contributed by atoms with Crippen LogP contribution in [0.15, 0.2) is 24.3 Å². The number of rotatable bonds is 5. The Kier molecular flexibility index (Phi) is 5.37. The third-order valence-corrected chi connectivity index (χ3v) is 4.12. The van der Waals surface area contributed by atoms with Crippen LogP contribution in [0.5, 0.6) is 0 Å². The number of hydrogen-bond acceptors (Lipinski definition) is 2. The van der Waals surface area contributed by atoms with E-state index < -0.39 is 0 Å². The molecule has 4 nitrogen and oxygen atoms in total. The van der Waals surface area contributed by atoms with E-state index in [-0.39, 0.29) is 18.4 Å². The second-order valence-corrected chi connectivity index (χ2v) is 5.85. The summed E-state index contributed by atoms with van der Waals surface area (Å²) < 4.78 is 0. The molecule has 1 N–H and O–H groups in total. The summed E-state index contributed by atoms with van der Waals surface area (Å²) in [7, 11) is 0. The number of hydrogen-bond donors (Lipinski definition) is 1. The average Bonchev–Trinajstić information content (AvgIpc) is 2.93. The van der Waals surface area contributed by atoms with Crippen molar-refractivity contribution in [3.05, 3.63) is 35.4 Å². The summed E-state index contributed by atoms with van der Waals surface area (Å²) in [5.41, 5.74) is 2.22. The van der Waals surface area contributed by atoms with Crippen LogP contribution in [0.2, 0.25) is 0 Å². The Hall–Kier alpha value is -1.84. The number of benzene rings is 1. The van der Waals surface area contributed by atoms with Gasteiger partial charge in [-0.05, 0) is 30.9 Å². The normalized spacial score (nSPS) is 15.0. The van der Waals surface area contributed by atoms with Gasteiger partial charge < -0.3 is 10.2 Å². The molecule has 0 saturated heterocycles. The lowest BCUT2D eigenvalue weighted by molar-refractivity contribution is -0.135. The Labute approximate surface area is 126 Å². The van der Waals surface area contributed by atoms with Gasteiger partial charge in [-0.1, -0.05) is 37.1 Å². The largest absolute Gasteiger partial charge is 0.352 e. The Morgan fingerprint density at radius 2 is 1.90 bits per heavy atom. The van der Waals surface area contributed by atoms with E-state index in [9.17, 15) is 9.59 Å². The standard InChI is InChI=1S/C17H24N2O2/c1-13-7-3-4-8-15(13)11-19(14(2)20)12-17(21)18-16-9-5-6-10-16/h3-4,7-8,16H,5-6,9-12H2,1-2H3,(H,18,21). The highest BCUT2D eigenvalue weighted by Crippen LogP contribution is 2.17. The number of nitrogens with zero attached hydrogens (tertiary/aromatic N) is 1. The molecule has 114 valence electrons. The van der Waals surface area contributed by atoms with Gasteiger partial charge in [0.15, 0.2) is 0 Å². The van der Waals surface area contributed by atoms with Crippen molar-refractivity contribution in [2.45, 2.75) is 52.1 Å². The van der Waals surface area contributed by atoms with Gasteiger partial charge in [0.05, 0.1) is 6.54 Å². The molecule has 1 aliphatic rings. The van der Waals surface area contributed by atoms with Crippen LogP contribution in [-0.4, -0.2) is 29.3 Å². The predicted octanol–water partition coefficient (Wildman–Crippen LogP) is 2.40. The van der Waals surface area contributed by atoms with Gasteiger partial charge in [0.1, 0.15) is 0 Å². The van der Waals surface area contributed by atoms with Gasteiger partial charge in [-0.15, -0.1) is 0 Å². The lowest BCUT2D eigenvalue weighted by Gasteiger charge is -2.22. The Balaban J connectivity index is 1.94. The minimum Gasteiger partial charge on any atom is -0.352 e. The molecule has 0 bridgehead atoms. The van der Waals surface area contributed by atoms with Crippen LogP contribution in [0.4, 0.5) is 0 Å².